The van der Waals surface area contributed by atoms with Crippen molar-refractivity contribution in [2.45, 2.75) is 31.8 Å². The van der Waals surface area contributed by atoms with Crippen molar-refractivity contribution in [3.05, 3.63) is 35.9 Å². The highest BCUT2D eigenvalue weighted by atomic mass is 16.3. The SMILES string of the molecule is OCC1[C@H]2CCCC2CN1Cc1ccccc1. The van der Waals surface area contributed by atoms with Gasteiger partial charge in [0.2, 0.25) is 0 Å². The van der Waals surface area contributed by atoms with Crippen molar-refractivity contribution < 1.29 is 5.11 Å². The topological polar surface area (TPSA) is 23.5 Å². The molecule has 0 bridgehead atoms. The van der Waals surface area contributed by atoms with Crippen molar-refractivity contribution in [1.29, 1.82) is 0 Å². The molecule has 3 atom stereocenters. The molecule has 1 aliphatic carbocycles. The van der Waals surface area contributed by atoms with E-state index in [9.17, 15) is 5.11 Å². The molecule has 1 aliphatic heterocycles. The predicted molar refractivity (Wildman–Crippen MR) is 68.6 cm³/mol. The standard InChI is InChI=1S/C15H21NO/c17-11-15-14-8-4-7-13(14)10-16(15)9-12-5-2-1-3-6-12/h1-3,5-6,13-15,17H,4,7-11H2/t13?,14-,15?/m0/s1. The van der Waals surface area contributed by atoms with Crippen LogP contribution >= 0.6 is 0 Å². The minimum absolute atomic E-state index is 0.327. The van der Waals surface area contributed by atoms with E-state index in [1.54, 1.807) is 0 Å². The third-order valence-corrected chi connectivity index (χ3v) is 4.57. The summed E-state index contributed by atoms with van der Waals surface area (Å²) < 4.78 is 0. The van der Waals surface area contributed by atoms with E-state index in [2.05, 4.69) is 35.2 Å². The molecule has 1 heterocycles. The second-order valence-corrected chi connectivity index (χ2v) is 5.52. The summed E-state index contributed by atoms with van der Waals surface area (Å²) in [7, 11) is 0. The Hall–Kier alpha value is -0.860. The normalized spacial score (nSPS) is 32.9. The lowest BCUT2D eigenvalue weighted by Crippen LogP contribution is -2.35. The summed E-state index contributed by atoms with van der Waals surface area (Å²) in [5.74, 6) is 1.60. The maximum Gasteiger partial charge on any atom is 0.0589 e. The summed E-state index contributed by atoms with van der Waals surface area (Å²) >= 11 is 0. The molecule has 1 N–H and O–H groups in total. The van der Waals surface area contributed by atoms with Gasteiger partial charge in [0, 0.05) is 19.1 Å². The zero-order valence-corrected chi connectivity index (χ0v) is 10.3. The fraction of sp³-hybridized carbons (Fsp3) is 0.600. The van der Waals surface area contributed by atoms with Gasteiger partial charge in [-0.2, -0.15) is 0 Å². The number of benzene rings is 1. The van der Waals surface area contributed by atoms with Crippen molar-refractivity contribution in [2.24, 2.45) is 11.8 Å². The van der Waals surface area contributed by atoms with Crippen LogP contribution in [0.5, 0.6) is 0 Å². The Kier molecular flexibility index (Phi) is 3.17. The summed E-state index contributed by atoms with van der Waals surface area (Å²) in [4.78, 5) is 2.49. The van der Waals surface area contributed by atoms with Crippen molar-refractivity contribution in [2.75, 3.05) is 13.2 Å². The van der Waals surface area contributed by atoms with E-state index < -0.39 is 0 Å². The zero-order chi connectivity index (χ0) is 11.7. The molecule has 1 aromatic rings. The fourth-order valence-electron chi connectivity index (χ4n) is 3.76. The Morgan fingerprint density at radius 2 is 2.00 bits per heavy atom. The molecule has 2 aliphatic rings. The third-order valence-electron chi connectivity index (χ3n) is 4.57. The molecule has 1 saturated carbocycles. The lowest BCUT2D eigenvalue weighted by atomic mass is 9.94. The lowest BCUT2D eigenvalue weighted by molar-refractivity contribution is 0.128. The number of rotatable bonds is 3. The first kappa shape index (κ1) is 11.2. The number of likely N-dealkylation sites (tertiary alicyclic amines) is 1. The minimum atomic E-state index is 0.327. The highest BCUT2D eigenvalue weighted by Crippen LogP contribution is 2.42. The highest BCUT2D eigenvalue weighted by molar-refractivity contribution is 5.15. The molecule has 0 amide bonds. The van der Waals surface area contributed by atoms with E-state index in [0.29, 0.717) is 12.6 Å². The van der Waals surface area contributed by atoms with Gasteiger partial charge in [-0.1, -0.05) is 36.8 Å². The van der Waals surface area contributed by atoms with Crippen molar-refractivity contribution >= 4 is 0 Å². The van der Waals surface area contributed by atoms with Crippen LogP contribution in [-0.2, 0) is 6.54 Å². The van der Waals surface area contributed by atoms with Crippen LogP contribution in [0.15, 0.2) is 30.3 Å². The molecule has 1 saturated heterocycles. The Morgan fingerprint density at radius 3 is 2.76 bits per heavy atom. The molecular formula is C15H21NO. The Morgan fingerprint density at radius 1 is 1.18 bits per heavy atom. The summed E-state index contributed by atoms with van der Waals surface area (Å²) in [5.41, 5.74) is 1.37. The van der Waals surface area contributed by atoms with Crippen molar-refractivity contribution in [1.82, 2.24) is 4.90 Å². The average molecular weight is 231 g/mol. The van der Waals surface area contributed by atoms with E-state index in [1.165, 1.54) is 31.4 Å². The maximum absolute atomic E-state index is 9.62. The Bertz CT molecular complexity index is 364. The molecule has 17 heavy (non-hydrogen) atoms. The molecule has 0 radical (unpaired) electrons. The molecule has 2 nitrogen and oxygen atoms in total. The monoisotopic (exact) mass is 231 g/mol. The molecule has 0 spiro atoms. The number of aliphatic hydroxyl groups is 1. The lowest BCUT2D eigenvalue weighted by Gasteiger charge is -2.26. The van der Waals surface area contributed by atoms with E-state index in [1.807, 2.05) is 0 Å². The molecule has 2 heteroatoms. The van der Waals surface area contributed by atoms with Crippen LogP contribution in [0.4, 0.5) is 0 Å². The smallest absolute Gasteiger partial charge is 0.0589 e. The number of aliphatic hydroxyl groups excluding tert-OH is 1. The van der Waals surface area contributed by atoms with Gasteiger partial charge < -0.3 is 5.11 Å². The Labute approximate surface area is 103 Å². The second-order valence-electron chi connectivity index (χ2n) is 5.52. The second kappa shape index (κ2) is 4.79. The number of fused-ring (bicyclic) bond motifs is 1. The quantitative estimate of drug-likeness (QED) is 0.862. The number of nitrogens with zero attached hydrogens (tertiary/aromatic N) is 1. The van der Waals surface area contributed by atoms with E-state index in [4.69, 9.17) is 0 Å². The predicted octanol–water partition coefficient (Wildman–Crippen LogP) is 2.28. The van der Waals surface area contributed by atoms with Gasteiger partial charge in [0.1, 0.15) is 0 Å². The molecule has 0 aromatic heterocycles. The molecule has 2 unspecified atom stereocenters. The van der Waals surface area contributed by atoms with Gasteiger partial charge >= 0.3 is 0 Å². The molecule has 3 rings (SSSR count). The van der Waals surface area contributed by atoms with Crippen LogP contribution < -0.4 is 0 Å². The van der Waals surface area contributed by atoms with Crippen LogP contribution in [-0.4, -0.2) is 29.2 Å². The van der Waals surface area contributed by atoms with Gasteiger partial charge in [0.05, 0.1) is 6.61 Å². The number of hydrogen-bond donors (Lipinski definition) is 1. The van der Waals surface area contributed by atoms with Crippen LogP contribution in [0.25, 0.3) is 0 Å². The van der Waals surface area contributed by atoms with Crippen LogP contribution in [0.2, 0.25) is 0 Å². The van der Waals surface area contributed by atoms with Gasteiger partial charge in [0.15, 0.2) is 0 Å². The summed E-state index contributed by atoms with van der Waals surface area (Å²) in [6.07, 6.45) is 4.05. The van der Waals surface area contributed by atoms with Crippen LogP contribution in [0.3, 0.4) is 0 Å². The average Bonchev–Trinajstić information content (AvgIpc) is 2.90. The van der Waals surface area contributed by atoms with Crippen LogP contribution in [0, 0.1) is 11.8 Å². The van der Waals surface area contributed by atoms with Crippen LogP contribution in [0.1, 0.15) is 24.8 Å². The summed E-state index contributed by atoms with van der Waals surface area (Å²) in [6, 6.07) is 11.0. The highest BCUT2D eigenvalue weighted by Gasteiger charge is 2.43. The first-order chi connectivity index (χ1) is 8.38. The minimum Gasteiger partial charge on any atom is -0.395 e. The fourth-order valence-corrected chi connectivity index (χ4v) is 3.76. The molecule has 92 valence electrons. The van der Waals surface area contributed by atoms with Gasteiger partial charge in [0.25, 0.3) is 0 Å². The first-order valence-corrected chi connectivity index (χ1v) is 6.77. The van der Waals surface area contributed by atoms with Gasteiger partial charge in [-0.15, -0.1) is 0 Å². The van der Waals surface area contributed by atoms with Gasteiger partial charge in [-0.05, 0) is 30.2 Å². The zero-order valence-electron chi connectivity index (χ0n) is 10.3. The maximum atomic E-state index is 9.62. The van der Waals surface area contributed by atoms with E-state index in [0.717, 1.165) is 18.4 Å². The third kappa shape index (κ3) is 2.12. The van der Waals surface area contributed by atoms with E-state index >= 15 is 0 Å². The van der Waals surface area contributed by atoms with E-state index in [-0.39, 0.29) is 0 Å². The summed E-state index contributed by atoms with van der Waals surface area (Å²) in [6.45, 7) is 2.51. The van der Waals surface area contributed by atoms with Gasteiger partial charge in [-0.25, -0.2) is 0 Å². The Balaban J connectivity index is 1.71. The van der Waals surface area contributed by atoms with Crippen molar-refractivity contribution in [3.63, 3.8) is 0 Å². The first-order valence-electron chi connectivity index (χ1n) is 6.77. The number of hydrogen-bond acceptors (Lipinski definition) is 2. The summed E-state index contributed by atoms with van der Waals surface area (Å²) in [5, 5.41) is 9.62. The molecule has 1 aromatic carbocycles. The molecular weight excluding hydrogens is 210 g/mol. The largest absolute Gasteiger partial charge is 0.395 e. The van der Waals surface area contributed by atoms with Crippen molar-refractivity contribution in [3.8, 4) is 0 Å². The van der Waals surface area contributed by atoms with Gasteiger partial charge in [-0.3, -0.25) is 4.90 Å². The molecule has 2 fully saturated rings.